The molecule has 0 radical (unpaired) electrons. The lowest BCUT2D eigenvalue weighted by Gasteiger charge is -2.32. The molecule has 1 N–H and O–H groups in total. The molecule has 0 unspecified atom stereocenters. The molecule has 0 amide bonds. The van der Waals surface area contributed by atoms with Gasteiger partial charge in [-0.15, -0.1) is 0 Å². The Morgan fingerprint density at radius 1 is 1.28 bits per heavy atom. The minimum Gasteiger partial charge on any atom is -0.480 e. The van der Waals surface area contributed by atoms with Crippen molar-refractivity contribution in [1.82, 2.24) is 9.88 Å². The SMILES string of the molecule is O=C(O)[C@@H]1C[C@H]2CCCC[C@H]2N1Cc1ncc(-c2ccc(F)cc2)o1. The quantitative estimate of drug-likeness (QED) is 0.916. The summed E-state index contributed by atoms with van der Waals surface area (Å²) >= 11 is 0. The maximum Gasteiger partial charge on any atom is 0.320 e. The predicted octanol–water partition coefficient (Wildman–Crippen LogP) is 3.70. The second-order valence-electron chi connectivity index (χ2n) is 7.00. The van der Waals surface area contributed by atoms with E-state index in [1.807, 2.05) is 4.90 Å². The number of rotatable bonds is 4. The van der Waals surface area contributed by atoms with Gasteiger partial charge in [0.15, 0.2) is 5.76 Å². The minimum absolute atomic E-state index is 0.298. The number of benzene rings is 1. The van der Waals surface area contributed by atoms with Crippen LogP contribution >= 0.6 is 0 Å². The van der Waals surface area contributed by atoms with E-state index < -0.39 is 12.0 Å². The van der Waals surface area contributed by atoms with E-state index in [0.29, 0.717) is 36.6 Å². The molecule has 3 atom stereocenters. The Hall–Kier alpha value is -2.21. The summed E-state index contributed by atoms with van der Waals surface area (Å²) in [6.45, 7) is 0.402. The van der Waals surface area contributed by atoms with Crippen molar-refractivity contribution in [3.63, 3.8) is 0 Å². The molecule has 1 saturated carbocycles. The topological polar surface area (TPSA) is 66.6 Å². The Bertz CT molecular complexity index is 758. The summed E-state index contributed by atoms with van der Waals surface area (Å²) in [5, 5.41) is 9.59. The zero-order valence-corrected chi connectivity index (χ0v) is 13.9. The van der Waals surface area contributed by atoms with Crippen LogP contribution in [-0.4, -0.2) is 33.0 Å². The van der Waals surface area contributed by atoms with E-state index in [4.69, 9.17) is 4.42 Å². The van der Waals surface area contributed by atoms with Crippen LogP contribution in [0.1, 0.15) is 38.0 Å². The van der Waals surface area contributed by atoms with Crippen molar-refractivity contribution < 1.29 is 18.7 Å². The molecule has 6 heteroatoms. The molecule has 1 aliphatic carbocycles. The zero-order chi connectivity index (χ0) is 17.4. The number of carbonyl (C=O) groups is 1. The number of carboxylic acids is 1. The first kappa shape index (κ1) is 16.3. The molecule has 1 saturated heterocycles. The normalized spacial score (nSPS) is 26.5. The summed E-state index contributed by atoms with van der Waals surface area (Å²) in [5.41, 5.74) is 0.756. The van der Waals surface area contributed by atoms with Crippen molar-refractivity contribution in [3.8, 4) is 11.3 Å². The monoisotopic (exact) mass is 344 g/mol. The van der Waals surface area contributed by atoms with Crippen molar-refractivity contribution in [2.24, 2.45) is 5.92 Å². The van der Waals surface area contributed by atoms with Crippen LogP contribution in [0.25, 0.3) is 11.3 Å². The van der Waals surface area contributed by atoms with Gasteiger partial charge in [0, 0.05) is 11.6 Å². The molecule has 4 rings (SSSR count). The van der Waals surface area contributed by atoms with Crippen LogP contribution in [0.15, 0.2) is 34.9 Å². The Labute approximate surface area is 145 Å². The number of carboxylic acid groups (broad SMARTS) is 1. The van der Waals surface area contributed by atoms with Gasteiger partial charge in [0.05, 0.1) is 12.7 Å². The molecule has 2 aromatic rings. The second kappa shape index (κ2) is 6.59. The van der Waals surface area contributed by atoms with Crippen molar-refractivity contribution in [3.05, 3.63) is 42.2 Å². The molecule has 1 aromatic carbocycles. The minimum atomic E-state index is -0.764. The molecule has 5 nitrogen and oxygen atoms in total. The van der Waals surface area contributed by atoms with Crippen LogP contribution in [0.4, 0.5) is 4.39 Å². The first-order valence-corrected chi connectivity index (χ1v) is 8.81. The Kier molecular flexibility index (Phi) is 4.29. The highest BCUT2D eigenvalue weighted by atomic mass is 19.1. The first-order valence-electron chi connectivity index (χ1n) is 8.81. The smallest absolute Gasteiger partial charge is 0.320 e. The van der Waals surface area contributed by atoms with Gasteiger partial charge >= 0.3 is 5.97 Å². The van der Waals surface area contributed by atoms with Crippen molar-refractivity contribution >= 4 is 5.97 Å². The largest absolute Gasteiger partial charge is 0.480 e. The average Bonchev–Trinajstić information content (AvgIpc) is 3.21. The lowest BCUT2D eigenvalue weighted by atomic mass is 9.85. The number of halogens is 1. The third-order valence-corrected chi connectivity index (χ3v) is 5.51. The maximum absolute atomic E-state index is 13.0. The number of hydrogen-bond acceptors (Lipinski definition) is 4. The van der Waals surface area contributed by atoms with Gasteiger partial charge < -0.3 is 9.52 Å². The van der Waals surface area contributed by atoms with Crippen molar-refractivity contribution in [2.45, 2.75) is 50.7 Å². The van der Waals surface area contributed by atoms with Gasteiger partial charge in [-0.25, -0.2) is 9.37 Å². The molecule has 1 aromatic heterocycles. The third kappa shape index (κ3) is 3.18. The highest BCUT2D eigenvalue weighted by Gasteiger charge is 2.45. The summed E-state index contributed by atoms with van der Waals surface area (Å²) in [5.74, 6) is 0.479. The number of oxazole rings is 1. The van der Waals surface area contributed by atoms with E-state index >= 15 is 0 Å². The first-order chi connectivity index (χ1) is 12.1. The molecule has 0 spiro atoms. The van der Waals surface area contributed by atoms with E-state index in [1.165, 1.54) is 18.6 Å². The molecular weight excluding hydrogens is 323 g/mol. The molecule has 132 valence electrons. The number of likely N-dealkylation sites (tertiary alicyclic amines) is 1. The van der Waals surface area contributed by atoms with E-state index in [2.05, 4.69) is 4.98 Å². The molecule has 25 heavy (non-hydrogen) atoms. The van der Waals surface area contributed by atoms with Crippen LogP contribution in [-0.2, 0) is 11.3 Å². The summed E-state index contributed by atoms with van der Waals surface area (Å²) in [6, 6.07) is 5.89. The number of aromatic nitrogens is 1. The van der Waals surface area contributed by atoms with E-state index in [1.54, 1.807) is 18.3 Å². The van der Waals surface area contributed by atoms with Gasteiger partial charge in [-0.3, -0.25) is 9.69 Å². The van der Waals surface area contributed by atoms with Crippen LogP contribution in [0, 0.1) is 11.7 Å². The standard InChI is InChI=1S/C19H21FN2O3/c20-14-7-5-12(6-8-14)17-10-21-18(25-17)11-22-15-4-2-1-3-13(15)9-16(22)19(23)24/h5-8,10,13,15-16H,1-4,9,11H2,(H,23,24)/t13-,15-,16+/m1/s1. The van der Waals surface area contributed by atoms with E-state index in [0.717, 1.165) is 24.8 Å². The highest BCUT2D eigenvalue weighted by molar-refractivity contribution is 5.74. The summed E-state index contributed by atoms with van der Waals surface area (Å²) < 4.78 is 18.9. The van der Waals surface area contributed by atoms with Gasteiger partial charge in [-0.05, 0) is 49.4 Å². The van der Waals surface area contributed by atoms with Crippen LogP contribution < -0.4 is 0 Å². The van der Waals surface area contributed by atoms with Crippen molar-refractivity contribution in [2.75, 3.05) is 0 Å². The predicted molar refractivity (Wildman–Crippen MR) is 89.2 cm³/mol. The van der Waals surface area contributed by atoms with Gasteiger partial charge in [0.25, 0.3) is 0 Å². The average molecular weight is 344 g/mol. The van der Waals surface area contributed by atoms with Crippen LogP contribution in [0.3, 0.4) is 0 Å². The number of nitrogens with zero attached hydrogens (tertiary/aromatic N) is 2. The van der Waals surface area contributed by atoms with Crippen LogP contribution in [0.2, 0.25) is 0 Å². The molecule has 0 bridgehead atoms. The fourth-order valence-electron chi connectivity index (χ4n) is 4.31. The third-order valence-electron chi connectivity index (χ3n) is 5.51. The fraction of sp³-hybridized carbons (Fsp3) is 0.474. The maximum atomic E-state index is 13.0. The summed E-state index contributed by atoms with van der Waals surface area (Å²) in [7, 11) is 0. The Morgan fingerprint density at radius 3 is 2.80 bits per heavy atom. The molecule has 2 aliphatic rings. The Morgan fingerprint density at radius 2 is 2.04 bits per heavy atom. The van der Waals surface area contributed by atoms with Crippen molar-refractivity contribution in [1.29, 1.82) is 0 Å². The van der Waals surface area contributed by atoms with Gasteiger partial charge in [-0.2, -0.15) is 0 Å². The Balaban J connectivity index is 1.54. The summed E-state index contributed by atoms with van der Waals surface area (Å²) in [4.78, 5) is 18.0. The van der Waals surface area contributed by atoms with E-state index in [-0.39, 0.29) is 5.82 Å². The van der Waals surface area contributed by atoms with Gasteiger partial charge in [-0.1, -0.05) is 12.8 Å². The number of aliphatic carboxylic acids is 1. The zero-order valence-electron chi connectivity index (χ0n) is 13.9. The van der Waals surface area contributed by atoms with E-state index in [9.17, 15) is 14.3 Å². The van der Waals surface area contributed by atoms with Gasteiger partial charge in [0.1, 0.15) is 11.9 Å². The molecule has 2 fully saturated rings. The number of hydrogen-bond donors (Lipinski definition) is 1. The van der Waals surface area contributed by atoms with Gasteiger partial charge in [0.2, 0.25) is 5.89 Å². The summed E-state index contributed by atoms with van der Waals surface area (Å²) in [6.07, 6.45) is 6.82. The van der Waals surface area contributed by atoms with Crippen LogP contribution in [0.5, 0.6) is 0 Å². The second-order valence-corrected chi connectivity index (χ2v) is 7.00. The molecular formula is C19H21FN2O3. The lowest BCUT2D eigenvalue weighted by molar-refractivity contribution is -0.143. The highest BCUT2D eigenvalue weighted by Crippen LogP contribution is 2.40. The fourth-order valence-corrected chi connectivity index (χ4v) is 4.31. The number of fused-ring (bicyclic) bond motifs is 1. The lowest BCUT2D eigenvalue weighted by Crippen LogP contribution is -2.41. The molecule has 1 aliphatic heterocycles. The molecule has 2 heterocycles.